The normalized spacial score (nSPS) is 34.1. The van der Waals surface area contributed by atoms with Crippen molar-refractivity contribution in [3.8, 4) is 0 Å². The first-order valence-corrected chi connectivity index (χ1v) is 13.3. The number of rotatable bonds is 8. The van der Waals surface area contributed by atoms with Gasteiger partial charge < -0.3 is 24.3 Å². The molecule has 5 aliphatic rings. The number of piperidine rings is 1. The summed E-state index contributed by atoms with van der Waals surface area (Å²) in [6.07, 6.45) is 13.6. The van der Waals surface area contributed by atoms with Gasteiger partial charge in [-0.15, -0.1) is 0 Å². The number of hydrogen-bond acceptors (Lipinski definition) is 6. The van der Waals surface area contributed by atoms with Gasteiger partial charge >= 0.3 is 0 Å². The van der Waals surface area contributed by atoms with Gasteiger partial charge in [-0.25, -0.2) is 4.39 Å². The summed E-state index contributed by atoms with van der Waals surface area (Å²) < 4.78 is 25.3. The number of aliphatic hydroxyl groups is 1. The van der Waals surface area contributed by atoms with Crippen molar-refractivity contribution < 1.29 is 23.8 Å². The Hall–Kier alpha value is -1.70. The lowest BCUT2D eigenvalue weighted by molar-refractivity contribution is -0.102. The Morgan fingerprint density at radius 3 is 2.91 bits per heavy atom. The van der Waals surface area contributed by atoms with Crippen LogP contribution < -0.4 is 0 Å². The Morgan fingerprint density at radius 2 is 2.06 bits per heavy atom. The molecule has 0 bridgehead atoms. The van der Waals surface area contributed by atoms with Crippen molar-refractivity contribution in [3.63, 3.8) is 0 Å². The van der Waals surface area contributed by atoms with Crippen molar-refractivity contribution in [2.45, 2.75) is 83.2 Å². The van der Waals surface area contributed by atoms with E-state index in [1.54, 1.807) is 6.08 Å². The first-order chi connectivity index (χ1) is 16.6. The van der Waals surface area contributed by atoms with Gasteiger partial charge in [0.05, 0.1) is 17.7 Å². The summed E-state index contributed by atoms with van der Waals surface area (Å²) in [4.78, 5) is 8.03. The minimum Gasteiger partial charge on any atom is -0.469 e. The summed E-state index contributed by atoms with van der Waals surface area (Å²) in [5.41, 5.74) is 2.50. The molecule has 3 aliphatic heterocycles. The third-order valence-corrected chi connectivity index (χ3v) is 8.17. The molecule has 0 aromatic heterocycles. The molecule has 1 saturated heterocycles. The summed E-state index contributed by atoms with van der Waals surface area (Å²) in [5, 5.41) is 14.2. The number of hydrogen-bond donors (Lipinski definition) is 1. The second kappa shape index (κ2) is 10.9. The Kier molecular flexibility index (Phi) is 7.71. The molecule has 34 heavy (non-hydrogen) atoms. The van der Waals surface area contributed by atoms with E-state index in [0.29, 0.717) is 18.3 Å². The van der Waals surface area contributed by atoms with Gasteiger partial charge in [0.2, 0.25) is 0 Å². The van der Waals surface area contributed by atoms with Crippen LogP contribution in [0.25, 0.3) is 0 Å². The summed E-state index contributed by atoms with van der Waals surface area (Å²) in [5.74, 6) is 1.74. The van der Waals surface area contributed by atoms with Crippen LogP contribution in [0.1, 0.15) is 64.7 Å². The highest BCUT2D eigenvalue weighted by atomic mass is 19.1. The number of unbranched alkanes of at least 4 members (excludes halogenated alkanes) is 2. The maximum absolute atomic E-state index is 13.4. The second-order valence-electron chi connectivity index (χ2n) is 10.6. The van der Waals surface area contributed by atoms with Crippen molar-refractivity contribution in [1.82, 2.24) is 4.90 Å². The van der Waals surface area contributed by atoms with E-state index in [1.165, 1.54) is 24.5 Å². The molecule has 2 aliphatic carbocycles. The zero-order valence-electron chi connectivity index (χ0n) is 20.3. The number of allylic oxidation sites excluding steroid dienone is 3. The van der Waals surface area contributed by atoms with Crippen LogP contribution in [0.5, 0.6) is 0 Å². The lowest BCUT2D eigenvalue weighted by Crippen LogP contribution is -2.38. The predicted octanol–water partition coefficient (Wildman–Crippen LogP) is 4.86. The van der Waals surface area contributed by atoms with Crippen LogP contribution in [-0.2, 0) is 14.3 Å². The lowest BCUT2D eigenvalue weighted by Gasteiger charge is -2.35. The Labute approximate surface area is 202 Å². The molecule has 5 rings (SSSR count). The maximum Gasteiger partial charge on any atom is 0.197 e. The third kappa shape index (κ3) is 5.58. The van der Waals surface area contributed by atoms with Crippen LogP contribution in [0.2, 0.25) is 0 Å². The zero-order chi connectivity index (χ0) is 23.5. The number of aliphatic hydroxyl groups excluding tert-OH is 1. The molecule has 6 nitrogen and oxygen atoms in total. The van der Waals surface area contributed by atoms with Crippen LogP contribution in [-0.4, -0.2) is 60.5 Å². The molecule has 188 valence electrons. The van der Waals surface area contributed by atoms with Gasteiger partial charge in [0.15, 0.2) is 12.4 Å². The van der Waals surface area contributed by atoms with E-state index >= 15 is 0 Å². The Morgan fingerprint density at radius 1 is 1.21 bits per heavy atom. The van der Waals surface area contributed by atoms with Gasteiger partial charge in [-0.1, -0.05) is 18.2 Å². The van der Waals surface area contributed by atoms with Gasteiger partial charge in [0.25, 0.3) is 0 Å². The number of fused-ring (bicyclic) bond motifs is 1. The number of halogens is 1. The maximum atomic E-state index is 13.4. The fourth-order valence-corrected chi connectivity index (χ4v) is 6.17. The number of nitrogens with zero attached hydrogens (tertiary/aromatic N) is 2. The number of likely N-dealkylation sites (tertiary alicyclic amines) is 1. The van der Waals surface area contributed by atoms with Crippen LogP contribution in [0.3, 0.4) is 0 Å². The quantitative estimate of drug-likeness (QED) is 0.509. The first kappa shape index (κ1) is 24.0. The van der Waals surface area contributed by atoms with Gasteiger partial charge in [-0.3, -0.25) is 0 Å². The summed E-state index contributed by atoms with van der Waals surface area (Å²) >= 11 is 0. The van der Waals surface area contributed by atoms with Gasteiger partial charge in [0, 0.05) is 25.4 Å². The second-order valence-corrected chi connectivity index (χ2v) is 10.6. The van der Waals surface area contributed by atoms with Crippen LogP contribution >= 0.6 is 0 Å². The molecule has 1 N–H and O–H groups in total. The minimum absolute atomic E-state index is 0.112. The third-order valence-electron chi connectivity index (χ3n) is 8.17. The fourth-order valence-electron chi connectivity index (χ4n) is 6.17. The molecule has 3 heterocycles. The average molecular weight is 475 g/mol. The van der Waals surface area contributed by atoms with Crippen molar-refractivity contribution in [3.05, 3.63) is 35.4 Å². The van der Waals surface area contributed by atoms with Gasteiger partial charge in [0.1, 0.15) is 11.6 Å². The molecule has 0 spiro atoms. The molecule has 1 fully saturated rings. The minimum atomic E-state index is -0.653. The van der Waals surface area contributed by atoms with E-state index < -0.39 is 6.29 Å². The molecule has 5 unspecified atom stereocenters. The van der Waals surface area contributed by atoms with E-state index in [2.05, 4.69) is 17.0 Å². The zero-order valence-corrected chi connectivity index (χ0v) is 20.3. The predicted molar refractivity (Wildman–Crippen MR) is 129 cm³/mol. The summed E-state index contributed by atoms with van der Waals surface area (Å²) in [7, 11) is 0. The number of oxime groups is 1. The van der Waals surface area contributed by atoms with E-state index in [9.17, 15) is 9.50 Å². The van der Waals surface area contributed by atoms with E-state index in [4.69, 9.17) is 14.3 Å². The summed E-state index contributed by atoms with van der Waals surface area (Å²) in [6, 6.07) is 0. The van der Waals surface area contributed by atoms with Crippen LogP contribution in [0.4, 0.5) is 4.39 Å². The molecule has 7 heteroatoms. The molecular formula is C27H39FN2O4. The molecule has 5 atom stereocenters. The summed E-state index contributed by atoms with van der Waals surface area (Å²) in [6.45, 7) is 6.31. The molecule has 0 amide bonds. The van der Waals surface area contributed by atoms with E-state index in [-0.39, 0.29) is 24.0 Å². The highest BCUT2D eigenvalue weighted by Gasteiger charge is 2.38. The van der Waals surface area contributed by atoms with E-state index in [0.717, 1.165) is 76.2 Å². The SMILES string of the molecule is CC1CC(O)OC2=C1CCC(OCCCCCN1CCC(C3=NOC4C=C(F)C=CC34)CC1)C2. The van der Waals surface area contributed by atoms with Crippen molar-refractivity contribution in [2.75, 3.05) is 26.2 Å². The lowest BCUT2D eigenvalue weighted by atomic mass is 9.81. The van der Waals surface area contributed by atoms with Crippen LogP contribution in [0.15, 0.2) is 40.5 Å². The fraction of sp³-hybridized carbons (Fsp3) is 0.741. The van der Waals surface area contributed by atoms with Gasteiger partial charge in [-0.05, 0) is 88.2 Å². The standard InChI is InChI=1S/C27H39FN2O4/c1-18-15-26(31)33-24-17-21(6-8-22(18)24)32-14-4-2-3-11-30-12-9-19(10-13-30)27-23-7-5-20(28)16-25(23)34-29-27/h5,7,16,18-19,21,23,25-26,31H,2-4,6,8-15,17H2,1H3. The van der Waals surface area contributed by atoms with E-state index in [1.807, 2.05) is 6.08 Å². The smallest absolute Gasteiger partial charge is 0.197 e. The molecule has 0 saturated carbocycles. The average Bonchev–Trinajstić information content (AvgIpc) is 3.24. The largest absolute Gasteiger partial charge is 0.469 e. The van der Waals surface area contributed by atoms with Crippen LogP contribution in [0, 0.1) is 17.8 Å². The highest BCUT2D eigenvalue weighted by molar-refractivity contribution is 5.92. The Balaban J connectivity index is 0.940. The monoisotopic (exact) mass is 474 g/mol. The molecule has 0 aromatic rings. The van der Waals surface area contributed by atoms with Gasteiger partial charge in [-0.2, -0.15) is 0 Å². The molecule has 0 radical (unpaired) electrons. The van der Waals surface area contributed by atoms with Crippen molar-refractivity contribution >= 4 is 5.71 Å². The topological polar surface area (TPSA) is 63.5 Å². The first-order valence-electron chi connectivity index (χ1n) is 13.3. The number of ether oxygens (including phenoxy) is 2. The van der Waals surface area contributed by atoms with Crippen molar-refractivity contribution in [1.29, 1.82) is 0 Å². The van der Waals surface area contributed by atoms with Crippen molar-refractivity contribution in [2.24, 2.45) is 22.9 Å². The highest BCUT2D eigenvalue weighted by Crippen LogP contribution is 2.38. The Bertz CT molecular complexity index is 846. The molecular weight excluding hydrogens is 435 g/mol. The molecule has 0 aromatic carbocycles.